The number of hydrogen-bond acceptors (Lipinski definition) is 5. The van der Waals surface area contributed by atoms with Gasteiger partial charge in [0, 0.05) is 18.8 Å². The maximum atomic E-state index is 11.4. The van der Waals surface area contributed by atoms with Gasteiger partial charge in [-0.05, 0) is 19.9 Å². The molecule has 0 aliphatic carbocycles. The van der Waals surface area contributed by atoms with Crippen LogP contribution in [-0.4, -0.2) is 54.8 Å². The van der Waals surface area contributed by atoms with Crippen LogP contribution in [0.25, 0.3) is 0 Å². The summed E-state index contributed by atoms with van der Waals surface area (Å²) in [6.45, 7) is 2.21. The second kappa shape index (κ2) is 4.31. The third-order valence-electron chi connectivity index (χ3n) is 3.24. The number of nitrogens with one attached hydrogen (secondary N) is 1. The van der Waals surface area contributed by atoms with Crippen molar-refractivity contribution in [3.8, 4) is 0 Å². The maximum Gasteiger partial charge on any atom is 0.323 e. The second-order valence-electron chi connectivity index (χ2n) is 4.33. The molecule has 5 heteroatoms. The van der Waals surface area contributed by atoms with E-state index in [4.69, 9.17) is 4.74 Å². The fraction of sp³-hybridized carbons (Fsp3) is 0.900. The number of piperidine rings is 1. The number of methoxy groups -OCH3 is 1. The molecule has 1 unspecified atom stereocenters. The van der Waals surface area contributed by atoms with Crippen LogP contribution in [0.15, 0.2) is 0 Å². The van der Waals surface area contributed by atoms with E-state index in [0.29, 0.717) is 0 Å². The summed E-state index contributed by atoms with van der Waals surface area (Å²) in [7, 11) is 3.60. The van der Waals surface area contributed by atoms with Gasteiger partial charge in [0.05, 0.1) is 12.0 Å². The summed E-state index contributed by atoms with van der Waals surface area (Å²) in [4.78, 5) is 13.9. The van der Waals surface area contributed by atoms with E-state index in [0.717, 1.165) is 31.7 Å². The van der Waals surface area contributed by atoms with Crippen molar-refractivity contribution in [1.82, 2.24) is 10.2 Å². The highest BCUT2D eigenvalue weighted by Crippen LogP contribution is 2.38. The zero-order chi connectivity index (χ0) is 10.9. The van der Waals surface area contributed by atoms with Gasteiger partial charge < -0.3 is 9.64 Å². The van der Waals surface area contributed by atoms with Crippen LogP contribution in [0.5, 0.6) is 0 Å². The molecule has 15 heavy (non-hydrogen) atoms. The lowest BCUT2D eigenvalue weighted by Crippen LogP contribution is -2.51. The molecule has 4 nitrogen and oxygen atoms in total. The Labute approximate surface area is 94.7 Å². The third-order valence-corrected chi connectivity index (χ3v) is 4.82. The topological polar surface area (TPSA) is 41.6 Å². The standard InChI is InChI=1S/C10H18N2O2S/c1-12-5-3-10(4-6-12)11-8(7-15-10)9(13)14-2/h8,11H,3-7H2,1-2H3. The van der Waals surface area contributed by atoms with Crippen LogP contribution >= 0.6 is 11.8 Å². The van der Waals surface area contributed by atoms with Crippen molar-refractivity contribution in [2.24, 2.45) is 0 Å². The normalized spacial score (nSPS) is 30.7. The van der Waals surface area contributed by atoms with E-state index >= 15 is 0 Å². The number of thioether (sulfide) groups is 1. The van der Waals surface area contributed by atoms with Crippen molar-refractivity contribution in [3.63, 3.8) is 0 Å². The van der Waals surface area contributed by atoms with Crippen molar-refractivity contribution in [2.75, 3.05) is 33.0 Å². The highest BCUT2D eigenvalue weighted by atomic mass is 32.2. The molecule has 0 radical (unpaired) electrons. The van der Waals surface area contributed by atoms with Gasteiger partial charge in [0.1, 0.15) is 6.04 Å². The van der Waals surface area contributed by atoms with Crippen LogP contribution in [0.4, 0.5) is 0 Å². The molecule has 0 aromatic heterocycles. The Morgan fingerprint density at radius 3 is 2.80 bits per heavy atom. The van der Waals surface area contributed by atoms with Gasteiger partial charge in [0.25, 0.3) is 0 Å². The largest absolute Gasteiger partial charge is 0.468 e. The van der Waals surface area contributed by atoms with Crippen LogP contribution < -0.4 is 5.32 Å². The van der Waals surface area contributed by atoms with Gasteiger partial charge in [-0.25, -0.2) is 0 Å². The summed E-state index contributed by atoms with van der Waals surface area (Å²) >= 11 is 1.88. The van der Waals surface area contributed by atoms with Gasteiger partial charge >= 0.3 is 5.97 Å². The second-order valence-corrected chi connectivity index (χ2v) is 5.73. The molecule has 2 heterocycles. The first-order chi connectivity index (χ1) is 7.15. The minimum absolute atomic E-state index is 0.108. The Hall–Kier alpha value is -0.260. The van der Waals surface area contributed by atoms with Crippen molar-refractivity contribution in [3.05, 3.63) is 0 Å². The Kier molecular flexibility index (Phi) is 3.23. The lowest BCUT2D eigenvalue weighted by atomic mass is 10.0. The molecule has 1 atom stereocenters. The monoisotopic (exact) mass is 230 g/mol. The van der Waals surface area contributed by atoms with Gasteiger partial charge in [-0.3, -0.25) is 10.1 Å². The molecular formula is C10H18N2O2S. The lowest BCUT2D eigenvalue weighted by molar-refractivity contribution is -0.142. The average molecular weight is 230 g/mol. The molecule has 1 spiro atoms. The molecular weight excluding hydrogens is 212 g/mol. The van der Waals surface area contributed by atoms with Crippen LogP contribution in [0.3, 0.4) is 0 Å². The van der Waals surface area contributed by atoms with Crippen LogP contribution in [0, 0.1) is 0 Å². The van der Waals surface area contributed by atoms with E-state index in [1.54, 1.807) is 0 Å². The number of nitrogens with zero attached hydrogens (tertiary/aromatic N) is 1. The number of carbonyl (C=O) groups excluding carboxylic acids is 1. The summed E-state index contributed by atoms with van der Waals surface area (Å²) in [6, 6.07) is -0.108. The van der Waals surface area contributed by atoms with Crippen LogP contribution in [0.2, 0.25) is 0 Å². The summed E-state index contributed by atoms with van der Waals surface area (Å²) in [5.41, 5.74) is 0. The van der Waals surface area contributed by atoms with Crippen molar-refractivity contribution in [1.29, 1.82) is 0 Å². The predicted molar refractivity (Wildman–Crippen MR) is 60.9 cm³/mol. The Morgan fingerprint density at radius 1 is 1.53 bits per heavy atom. The van der Waals surface area contributed by atoms with Gasteiger partial charge in [-0.15, -0.1) is 11.8 Å². The zero-order valence-electron chi connectivity index (χ0n) is 9.28. The fourth-order valence-electron chi connectivity index (χ4n) is 2.18. The van der Waals surface area contributed by atoms with Crippen molar-refractivity contribution >= 4 is 17.7 Å². The van der Waals surface area contributed by atoms with Crippen molar-refractivity contribution < 1.29 is 9.53 Å². The molecule has 0 aromatic rings. The summed E-state index contributed by atoms with van der Waals surface area (Å²) in [5.74, 6) is 0.717. The van der Waals surface area contributed by atoms with Gasteiger partial charge in [0.2, 0.25) is 0 Å². The van der Waals surface area contributed by atoms with Gasteiger partial charge in [-0.1, -0.05) is 0 Å². The molecule has 2 saturated heterocycles. The minimum Gasteiger partial charge on any atom is -0.468 e. The quantitative estimate of drug-likeness (QED) is 0.656. The summed E-state index contributed by atoms with van der Waals surface area (Å²) in [6.07, 6.45) is 2.23. The SMILES string of the molecule is COC(=O)C1CSC2(CCN(C)CC2)N1. The molecule has 0 amide bonds. The molecule has 0 aromatic carbocycles. The first kappa shape index (κ1) is 11.2. The molecule has 2 rings (SSSR count). The highest BCUT2D eigenvalue weighted by molar-refractivity contribution is 8.01. The van der Waals surface area contributed by atoms with Crippen molar-refractivity contribution in [2.45, 2.75) is 23.8 Å². The molecule has 2 aliphatic heterocycles. The first-order valence-corrected chi connectivity index (χ1v) is 6.32. The predicted octanol–water partition coefficient (Wildman–Crippen LogP) is 0.286. The molecule has 0 saturated carbocycles. The molecule has 2 fully saturated rings. The number of likely N-dealkylation sites (tertiary alicyclic amines) is 1. The number of hydrogen-bond donors (Lipinski definition) is 1. The Balaban J connectivity index is 1.93. The number of rotatable bonds is 1. The Bertz CT molecular complexity index is 252. The lowest BCUT2D eigenvalue weighted by Gasteiger charge is -2.37. The van der Waals surface area contributed by atoms with Gasteiger partial charge in [-0.2, -0.15) is 0 Å². The van der Waals surface area contributed by atoms with E-state index < -0.39 is 0 Å². The number of ether oxygens (including phenoxy) is 1. The minimum atomic E-state index is -0.127. The molecule has 2 aliphatic rings. The van der Waals surface area contributed by atoms with E-state index in [-0.39, 0.29) is 16.9 Å². The molecule has 86 valence electrons. The van der Waals surface area contributed by atoms with E-state index in [9.17, 15) is 4.79 Å². The fourth-order valence-corrected chi connectivity index (χ4v) is 3.58. The van der Waals surface area contributed by atoms with Crippen LogP contribution in [0.1, 0.15) is 12.8 Å². The molecule has 0 bridgehead atoms. The average Bonchev–Trinajstić information content (AvgIpc) is 2.66. The summed E-state index contributed by atoms with van der Waals surface area (Å²) < 4.78 is 4.76. The maximum absolute atomic E-state index is 11.4. The molecule has 1 N–H and O–H groups in total. The van der Waals surface area contributed by atoms with E-state index in [1.807, 2.05) is 11.8 Å². The van der Waals surface area contributed by atoms with E-state index in [1.165, 1.54) is 7.11 Å². The first-order valence-electron chi connectivity index (χ1n) is 5.33. The smallest absolute Gasteiger partial charge is 0.323 e. The van der Waals surface area contributed by atoms with Gasteiger partial charge in [0.15, 0.2) is 0 Å². The highest BCUT2D eigenvalue weighted by Gasteiger charge is 2.43. The Morgan fingerprint density at radius 2 is 2.20 bits per heavy atom. The number of carbonyl (C=O) groups is 1. The zero-order valence-corrected chi connectivity index (χ0v) is 10.1. The van der Waals surface area contributed by atoms with Crippen LogP contribution in [-0.2, 0) is 9.53 Å². The summed E-state index contributed by atoms with van der Waals surface area (Å²) in [5, 5.41) is 3.44. The third kappa shape index (κ3) is 2.29. The number of esters is 1. The van der Waals surface area contributed by atoms with E-state index in [2.05, 4.69) is 17.3 Å².